The molecular weight excluding hydrogens is 412 g/mol. The number of rotatable bonds is 9. The Morgan fingerprint density at radius 1 is 0.935 bits per heavy atom. The van der Waals surface area contributed by atoms with Gasteiger partial charge in [-0.05, 0) is 30.7 Å². The van der Waals surface area contributed by atoms with Crippen molar-refractivity contribution in [2.45, 2.75) is 24.9 Å². The molecular formula is C24H26N2O4S. The van der Waals surface area contributed by atoms with Crippen LogP contribution in [-0.4, -0.2) is 32.3 Å². The number of sulfonamides is 1. The van der Waals surface area contributed by atoms with Gasteiger partial charge in [0.2, 0.25) is 15.9 Å². The van der Waals surface area contributed by atoms with Crippen molar-refractivity contribution in [2.75, 3.05) is 13.7 Å². The van der Waals surface area contributed by atoms with Gasteiger partial charge >= 0.3 is 0 Å². The number of para-hydroxylation sites is 1. The predicted molar refractivity (Wildman–Crippen MR) is 120 cm³/mol. The molecule has 0 aliphatic heterocycles. The molecule has 0 atom stereocenters. The molecule has 31 heavy (non-hydrogen) atoms. The summed E-state index contributed by atoms with van der Waals surface area (Å²) in [5.74, 6) is 0.272. The molecule has 0 unspecified atom stereocenters. The van der Waals surface area contributed by atoms with Crippen LogP contribution in [0.4, 0.5) is 0 Å². The molecule has 7 heteroatoms. The van der Waals surface area contributed by atoms with Gasteiger partial charge in [0.1, 0.15) is 5.75 Å². The summed E-state index contributed by atoms with van der Waals surface area (Å²) in [4.78, 5) is 12.8. The lowest BCUT2D eigenvalue weighted by Crippen LogP contribution is -2.40. The number of methoxy groups -OCH3 is 1. The number of ether oxygens (including phenoxy) is 1. The van der Waals surface area contributed by atoms with Crippen molar-refractivity contribution < 1.29 is 17.9 Å². The van der Waals surface area contributed by atoms with E-state index in [1.165, 1.54) is 4.31 Å². The maximum atomic E-state index is 13.3. The number of hydrogen-bond donors (Lipinski definition) is 1. The quantitative estimate of drug-likeness (QED) is 0.555. The second kappa shape index (κ2) is 10.2. The zero-order chi connectivity index (χ0) is 22.3. The van der Waals surface area contributed by atoms with Gasteiger partial charge in [-0.1, -0.05) is 66.2 Å². The van der Waals surface area contributed by atoms with Crippen molar-refractivity contribution in [3.05, 3.63) is 95.6 Å². The van der Waals surface area contributed by atoms with Crippen LogP contribution in [0.1, 0.15) is 16.7 Å². The van der Waals surface area contributed by atoms with E-state index in [9.17, 15) is 13.2 Å². The maximum Gasteiger partial charge on any atom is 0.243 e. The average Bonchev–Trinajstić information content (AvgIpc) is 2.78. The largest absolute Gasteiger partial charge is 0.496 e. The van der Waals surface area contributed by atoms with Gasteiger partial charge in [-0.2, -0.15) is 4.31 Å². The summed E-state index contributed by atoms with van der Waals surface area (Å²) in [5, 5.41) is 2.80. The Morgan fingerprint density at radius 2 is 1.58 bits per heavy atom. The highest BCUT2D eigenvalue weighted by Crippen LogP contribution is 2.20. The predicted octanol–water partition coefficient (Wildman–Crippen LogP) is 3.51. The van der Waals surface area contributed by atoms with Crippen LogP contribution in [0.25, 0.3) is 0 Å². The number of nitrogens with one attached hydrogen (secondary N) is 1. The Labute approximate surface area is 183 Å². The van der Waals surface area contributed by atoms with E-state index in [0.29, 0.717) is 5.75 Å². The van der Waals surface area contributed by atoms with Gasteiger partial charge in [-0.3, -0.25) is 4.79 Å². The molecule has 0 fully saturated rings. The van der Waals surface area contributed by atoms with Crippen LogP contribution in [0.5, 0.6) is 5.75 Å². The third kappa shape index (κ3) is 5.93. The normalized spacial score (nSPS) is 11.3. The molecule has 0 heterocycles. The Morgan fingerprint density at radius 3 is 2.26 bits per heavy atom. The smallest absolute Gasteiger partial charge is 0.243 e. The Hall–Kier alpha value is -3.16. The zero-order valence-corrected chi connectivity index (χ0v) is 18.4. The lowest BCUT2D eigenvalue weighted by atomic mass is 10.2. The Balaban J connectivity index is 1.79. The molecule has 0 bridgehead atoms. The van der Waals surface area contributed by atoms with Crippen molar-refractivity contribution in [2.24, 2.45) is 0 Å². The van der Waals surface area contributed by atoms with Crippen LogP contribution in [0.15, 0.2) is 83.8 Å². The van der Waals surface area contributed by atoms with Crippen molar-refractivity contribution in [1.29, 1.82) is 0 Å². The van der Waals surface area contributed by atoms with E-state index in [1.807, 2.05) is 61.5 Å². The first kappa shape index (κ1) is 22.5. The van der Waals surface area contributed by atoms with Crippen molar-refractivity contribution >= 4 is 15.9 Å². The van der Waals surface area contributed by atoms with Crippen molar-refractivity contribution in [3.8, 4) is 5.75 Å². The van der Waals surface area contributed by atoms with Crippen molar-refractivity contribution in [1.82, 2.24) is 9.62 Å². The van der Waals surface area contributed by atoms with E-state index in [-0.39, 0.29) is 24.5 Å². The SMILES string of the molecule is COc1ccccc1CNC(=O)CN(Cc1ccccc1)S(=O)(=O)c1ccc(C)cc1. The van der Waals surface area contributed by atoms with Gasteiger partial charge in [0, 0.05) is 18.7 Å². The summed E-state index contributed by atoms with van der Waals surface area (Å²) in [6.07, 6.45) is 0. The van der Waals surface area contributed by atoms with Crippen LogP contribution in [0.3, 0.4) is 0 Å². The fourth-order valence-corrected chi connectivity index (χ4v) is 4.52. The minimum atomic E-state index is -3.86. The van der Waals surface area contributed by atoms with Crippen molar-refractivity contribution in [3.63, 3.8) is 0 Å². The highest BCUT2D eigenvalue weighted by Gasteiger charge is 2.27. The molecule has 1 amide bonds. The minimum absolute atomic E-state index is 0.0964. The van der Waals surface area contributed by atoms with Crippen LogP contribution in [0, 0.1) is 6.92 Å². The number of amides is 1. The number of hydrogen-bond acceptors (Lipinski definition) is 4. The number of carbonyl (C=O) groups is 1. The molecule has 0 aliphatic carbocycles. The van der Waals surface area contributed by atoms with E-state index >= 15 is 0 Å². The first-order valence-corrected chi connectivity index (χ1v) is 11.3. The third-order valence-electron chi connectivity index (χ3n) is 4.85. The first-order valence-electron chi connectivity index (χ1n) is 9.89. The summed E-state index contributed by atoms with van der Waals surface area (Å²) in [6, 6.07) is 23.2. The Bertz CT molecular complexity index is 1110. The molecule has 0 spiro atoms. The topological polar surface area (TPSA) is 75.7 Å². The second-order valence-electron chi connectivity index (χ2n) is 7.16. The van der Waals surface area contributed by atoms with Gasteiger partial charge in [-0.15, -0.1) is 0 Å². The van der Waals surface area contributed by atoms with E-state index in [1.54, 1.807) is 31.4 Å². The zero-order valence-electron chi connectivity index (χ0n) is 17.6. The summed E-state index contributed by atoms with van der Waals surface area (Å²) < 4.78 is 33.1. The van der Waals surface area contributed by atoms with Gasteiger partial charge in [0.05, 0.1) is 18.6 Å². The highest BCUT2D eigenvalue weighted by molar-refractivity contribution is 7.89. The van der Waals surface area contributed by atoms with Gasteiger partial charge in [0.25, 0.3) is 0 Å². The van der Waals surface area contributed by atoms with E-state index in [4.69, 9.17) is 4.74 Å². The van der Waals surface area contributed by atoms with E-state index in [2.05, 4.69) is 5.32 Å². The monoisotopic (exact) mass is 438 g/mol. The molecule has 3 rings (SSSR count). The average molecular weight is 439 g/mol. The first-order chi connectivity index (χ1) is 14.9. The molecule has 0 saturated heterocycles. The molecule has 0 aromatic heterocycles. The van der Waals surface area contributed by atoms with Crippen LogP contribution >= 0.6 is 0 Å². The van der Waals surface area contributed by atoms with Crippen LogP contribution < -0.4 is 10.1 Å². The Kier molecular flexibility index (Phi) is 7.44. The highest BCUT2D eigenvalue weighted by atomic mass is 32.2. The summed E-state index contributed by atoms with van der Waals surface area (Å²) in [6.45, 7) is 1.94. The molecule has 0 radical (unpaired) electrons. The molecule has 3 aromatic rings. The van der Waals surface area contributed by atoms with Gasteiger partial charge in [0.15, 0.2) is 0 Å². The number of aryl methyl sites for hydroxylation is 1. The van der Waals surface area contributed by atoms with Crippen LogP contribution in [-0.2, 0) is 27.9 Å². The number of benzene rings is 3. The number of nitrogens with zero attached hydrogens (tertiary/aromatic N) is 1. The fourth-order valence-electron chi connectivity index (χ4n) is 3.13. The fraction of sp³-hybridized carbons (Fsp3) is 0.208. The lowest BCUT2D eigenvalue weighted by Gasteiger charge is -2.22. The van der Waals surface area contributed by atoms with Gasteiger partial charge < -0.3 is 10.1 Å². The standard InChI is InChI=1S/C24H26N2O4S/c1-19-12-14-22(15-13-19)31(28,29)26(17-20-8-4-3-5-9-20)18-24(27)25-16-21-10-6-7-11-23(21)30-2/h3-15H,16-18H2,1-2H3,(H,25,27). The molecule has 1 N–H and O–H groups in total. The molecule has 0 aliphatic rings. The molecule has 3 aromatic carbocycles. The maximum absolute atomic E-state index is 13.3. The second-order valence-corrected chi connectivity index (χ2v) is 9.10. The van der Waals surface area contributed by atoms with E-state index in [0.717, 1.165) is 16.7 Å². The summed E-state index contributed by atoms with van der Waals surface area (Å²) in [7, 11) is -2.29. The lowest BCUT2D eigenvalue weighted by molar-refractivity contribution is -0.121. The molecule has 162 valence electrons. The summed E-state index contributed by atoms with van der Waals surface area (Å²) in [5.41, 5.74) is 2.58. The van der Waals surface area contributed by atoms with Crippen LogP contribution in [0.2, 0.25) is 0 Å². The molecule has 0 saturated carbocycles. The number of carbonyl (C=O) groups excluding carboxylic acids is 1. The van der Waals surface area contributed by atoms with E-state index < -0.39 is 15.9 Å². The third-order valence-corrected chi connectivity index (χ3v) is 6.65. The summed E-state index contributed by atoms with van der Waals surface area (Å²) >= 11 is 0. The van der Waals surface area contributed by atoms with Gasteiger partial charge in [-0.25, -0.2) is 8.42 Å². The minimum Gasteiger partial charge on any atom is -0.496 e. The molecule has 6 nitrogen and oxygen atoms in total.